The molecule has 18 heavy (non-hydrogen) atoms. The van der Waals surface area contributed by atoms with Crippen LogP contribution < -0.4 is 0 Å². The Bertz CT molecular complexity index is 456. The van der Waals surface area contributed by atoms with Gasteiger partial charge in [0, 0.05) is 11.4 Å². The zero-order valence-electron chi connectivity index (χ0n) is 9.34. The van der Waals surface area contributed by atoms with E-state index in [0.29, 0.717) is 10.6 Å². The highest BCUT2D eigenvalue weighted by Crippen LogP contribution is 2.16. The van der Waals surface area contributed by atoms with Crippen LogP contribution in [0.2, 0.25) is 5.02 Å². The van der Waals surface area contributed by atoms with Crippen molar-refractivity contribution >= 4 is 23.5 Å². The number of rotatable bonds is 3. The Morgan fingerprint density at radius 3 is 2.67 bits per heavy atom. The third-order valence-corrected chi connectivity index (χ3v) is 2.77. The van der Waals surface area contributed by atoms with Crippen molar-refractivity contribution in [2.45, 2.75) is 18.6 Å². The molecule has 0 bridgehead atoms. The third-order valence-electron chi connectivity index (χ3n) is 2.52. The second kappa shape index (κ2) is 5.37. The normalized spacial score (nSPS) is 22.7. The van der Waals surface area contributed by atoms with Crippen LogP contribution in [-0.4, -0.2) is 35.9 Å². The summed E-state index contributed by atoms with van der Waals surface area (Å²) < 4.78 is 9.77. The fourth-order valence-corrected chi connectivity index (χ4v) is 1.70. The van der Waals surface area contributed by atoms with Crippen molar-refractivity contribution in [1.29, 1.82) is 0 Å². The van der Waals surface area contributed by atoms with Crippen molar-refractivity contribution in [1.82, 2.24) is 0 Å². The van der Waals surface area contributed by atoms with Gasteiger partial charge in [-0.25, -0.2) is 9.59 Å². The molecule has 2 rings (SSSR count). The summed E-state index contributed by atoms with van der Waals surface area (Å²) in [5, 5.41) is 9.68. The molecular weight excluding hydrogens is 260 g/mol. The van der Waals surface area contributed by atoms with E-state index < -0.39 is 24.1 Å². The Balaban J connectivity index is 1.85. The van der Waals surface area contributed by atoms with Gasteiger partial charge in [0.1, 0.15) is 12.7 Å². The van der Waals surface area contributed by atoms with E-state index in [9.17, 15) is 9.59 Å². The molecule has 1 N–H and O–H groups in total. The number of benzene rings is 1. The van der Waals surface area contributed by atoms with Crippen molar-refractivity contribution < 1.29 is 24.2 Å². The van der Waals surface area contributed by atoms with Gasteiger partial charge >= 0.3 is 11.9 Å². The first-order chi connectivity index (χ1) is 8.56. The zero-order chi connectivity index (χ0) is 13.1. The summed E-state index contributed by atoms with van der Waals surface area (Å²) in [6.45, 7) is -0.0652. The van der Waals surface area contributed by atoms with E-state index in [0.717, 1.165) is 0 Å². The minimum atomic E-state index is -1.12. The lowest BCUT2D eigenvalue weighted by atomic mass is 10.2. The molecule has 0 radical (unpaired) electrons. The quantitative estimate of drug-likeness (QED) is 0.835. The van der Waals surface area contributed by atoms with Crippen molar-refractivity contribution in [2.24, 2.45) is 0 Å². The molecule has 5 nitrogen and oxygen atoms in total. The van der Waals surface area contributed by atoms with E-state index in [1.807, 2.05) is 0 Å². The molecule has 1 saturated heterocycles. The molecule has 2 atom stereocenters. The highest BCUT2D eigenvalue weighted by molar-refractivity contribution is 6.30. The summed E-state index contributed by atoms with van der Waals surface area (Å²) >= 11 is 5.69. The molecule has 2 unspecified atom stereocenters. The van der Waals surface area contributed by atoms with Crippen LogP contribution in [0.4, 0.5) is 0 Å². The van der Waals surface area contributed by atoms with Gasteiger partial charge in [0.15, 0.2) is 6.10 Å². The van der Waals surface area contributed by atoms with Gasteiger partial charge < -0.3 is 14.6 Å². The lowest BCUT2D eigenvalue weighted by Crippen LogP contribution is -2.18. The molecule has 0 aliphatic carbocycles. The second-order valence-electron chi connectivity index (χ2n) is 3.92. The number of carbonyl (C=O) groups is 2. The fourth-order valence-electron chi connectivity index (χ4n) is 1.58. The third kappa shape index (κ3) is 3.00. The number of aliphatic hydroxyl groups is 1. The molecule has 0 saturated carbocycles. The summed E-state index contributed by atoms with van der Waals surface area (Å²) in [5.41, 5.74) is 0.365. The highest BCUT2D eigenvalue weighted by atomic mass is 35.5. The largest absolute Gasteiger partial charge is 0.458 e. The smallest absolute Gasteiger partial charge is 0.338 e. The van der Waals surface area contributed by atoms with Crippen LogP contribution in [0.1, 0.15) is 16.8 Å². The lowest BCUT2D eigenvalue weighted by Gasteiger charge is -2.09. The minimum Gasteiger partial charge on any atom is -0.458 e. The van der Waals surface area contributed by atoms with E-state index in [1.54, 1.807) is 24.3 Å². The van der Waals surface area contributed by atoms with Crippen LogP contribution in [0.15, 0.2) is 24.3 Å². The van der Waals surface area contributed by atoms with Gasteiger partial charge in [-0.15, -0.1) is 0 Å². The molecule has 1 aliphatic rings. The Labute approximate surface area is 108 Å². The summed E-state index contributed by atoms with van der Waals surface area (Å²) in [6.07, 6.45) is -1.56. The van der Waals surface area contributed by atoms with Crippen LogP contribution in [0.25, 0.3) is 0 Å². The first kappa shape index (κ1) is 12.9. The molecule has 1 aromatic rings. The van der Waals surface area contributed by atoms with Crippen LogP contribution in [0.3, 0.4) is 0 Å². The van der Waals surface area contributed by atoms with Gasteiger partial charge in [-0.1, -0.05) is 11.6 Å². The van der Waals surface area contributed by atoms with Gasteiger partial charge in [0.25, 0.3) is 0 Å². The molecule has 0 spiro atoms. The number of carbonyl (C=O) groups excluding carboxylic acids is 2. The molecule has 1 heterocycles. The Morgan fingerprint density at radius 2 is 2.11 bits per heavy atom. The molecule has 96 valence electrons. The maximum Gasteiger partial charge on any atom is 0.338 e. The molecular formula is C12H11ClO5. The molecule has 0 amide bonds. The first-order valence-electron chi connectivity index (χ1n) is 5.37. The summed E-state index contributed by atoms with van der Waals surface area (Å²) in [5.74, 6) is -1.20. The molecule has 0 aromatic heterocycles. The van der Waals surface area contributed by atoms with Crippen molar-refractivity contribution in [3.8, 4) is 0 Å². The number of hydrogen-bond donors (Lipinski definition) is 1. The highest BCUT2D eigenvalue weighted by Gasteiger charge is 2.33. The second-order valence-corrected chi connectivity index (χ2v) is 4.35. The van der Waals surface area contributed by atoms with E-state index in [1.165, 1.54) is 0 Å². The van der Waals surface area contributed by atoms with Gasteiger partial charge in [-0.05, 0) is 24.3 Å². The number of halogens is 1. The number of cyclic esters (lactones) is 1. The van der Waals surface area contributed by atoms with Crippen LogP contribution >= 0.6 is 11.6 Å². The minimum absolute atomic E-state index is 0.0652. The maximum absolute atomic E-state index is 11.6. The predicted octanol–water partition coefficient (Wildman–Crippen LogP) is 1.17. The van der Waals surface area contributed by atoms with Gasteiger partial charge in [0.05, 0.1) is 5.56 Å². The molecule has 6 heteroatoms. The standard InChI is InChI=1S/C12H11ClO5/c13-8-3-1-7(2-4-8)11(15)17-6-9-5-10(14)12(16)18-9/h1-4,9-10,14H,5-6H2. The van der Waals surface area contributed by atoms with Crippen molar-refractivity contribution in [3.63, 3.8) is 0 Å². The average molecular weight is 271 g/mol. The van der Waals surface area contributed by atoms with Crippen molar-refractivity contribution in [3.05, 3.63) is 34.9 Å². The summed E-state index contributed by atoms with van der Waals surface area (Å²) in [6, 6.07) is 6.25. The van der Waals surface area contributed by atoms with Crippen molar-refractivity contribution in [2.75, 3.05) is 6.61 Å². The SMILES string of the molecule is O=C(OCC1CC(O)C(=O)O1)c1ccc(Cl)cc1. The van der Waals surface area contributed by atoms with Crippen LogP contribution in [0, 0.1) is 0 Å². The van der Waals surface area contributed by atoms with E-state index in [-0.39, 0.29) is 13.0 Å². The van der Waals surface area contributed by atoms with E-state index in [2.05, 4.69) is 0 Å². The summed E-state index contributed by atoms with van der Waals surface area (Å²) in [4.78, 5) is 22.5. The zero-order valence-corrected chi connectivity index (χ0v) is 10.1. The Morgan fingerprint density at radius 1 is 1.44 bits per heavy atom. The number of ether oxygens (including phenoxy) is 2. The van der Waals surface area contributed by atoms with E-state index >= 15 is 0 Å². The molecule has 1 aromatic carbocycles. The van der Waals surface area contributed by atoms with Gasteiger partial charge in [0.2, 0.25) is 0 Å². The molecule has 1 fully saturated rings. The topological polar surface area (TPSA) is 72.8 Å². The summed E-state index contributed by atoms with van der Waals surface area (Å²) in [7, 11) is 0. The van der Waals surface area contributed by atoms with E-state index in [4.69, 9.17) is 26.2 Å². The Kier molecular flexibility index (Phi) is 3.84. The fraction of sp³-hybridized carbons (Fsp3) is 0.333. The van der Waals surface area contributed by atoms with Crippen LogP contribution in [0.5, 0.6) is 0 Å². The molecule has 1 aliphatic heterocycles. The first-order valence-corrected chi connectivity index (χ1v) is 5.75. The average Bonchev–Trinajstić information content (AvgIpc) is 2.67. The monoisotopic (exact) mass is 270 g/mol. The van der Waals surface area contributed by atoms with Crippen LogP contribution in [-0.2, 0) is 14.3 Å². The predicted molar refractivity (Wildman–Crippen MR) is 62.2 cm³/mol. The number of hydrogen-bond acceptors (Lipinski definition) is 5. The Hall–Kier alpha value is -1.59. The number of esters is 2. The van der Waals surface area contributed by atoms with Gasteiger partial charge in [-0.2, -0.15) is 0 Å². The maximum atomic E-state index is 11.6. The lowest BCUT2D eigenvalue weighted by molar-refractivity contribution is -0.148. The van der Waals surface area contributed by atoms with Gasteiger partial charge in [-0.3, -0.25) is 0 Å². The number of aliphatic hydroxyl groups excluding tert-OH is 1.